The van der Waals surface area contributed by atoms with Crippen LogP contribution in [-0.2, 0) is 13.1 Å². The number of fused-ring (bicyclic) bond motifs is 1. The van der Waals surface area contributed by atoms with E-state index in [-0.39, 0.29) is 11.3 Å². The molecule has 2 N–H and O–H groups in total. The summed E-state index contributed by atoms with van der Waals surface area (Å²) in [5, 5.41) is 0. The second kappa shape index (κ2) is 4.59. The fraction of sp³-hybridized carbons (Fsp3) is 0.231. The van der Waals surface area contributed by atoms with Crippen LogP contribution in [0.4, 0.5) is 14.5 Å². The van der Waals surface area contributed by atoms with Crippen molar-refractivity contribution in [3.63, 3.8) is 0 Å². The van der Waals surface area contributed by atoms with E-state index in [1.165, 1.54) is 4.90 Å². The Morgan fingerprint density at radius 3 is 2.85 bits per heavy atom. The first-order valence-corrected chi connectivity index (χ1v) is 6.10. The molecule has 0 spiro atoms. The Bertz CT molecular complexity index is 683. The fourth-order valence-electron chi connectivity index (χ4n) is 2.25. The van der Waals surface area contributed by atoms with Crippen molar-refractivity contribution < 1.29 is 13.6 Å². The van der Waals surface area contributed by atoms with Crippen LogP contribution in [0.25, 0.3) is 0 Å². The lowest BCUT2D eigenvalue weighted by Gasteiger charge is -2.28. The van der Waals surface area contributed by atoms with Crippen molar-refractivity contribution >= 4 is 11.6 Å². The molecule has 1 aromatic carbocycles. The van der Waals surface area contributed by atoms with Crippen molar-refractivity contribution in [3.8, 4) is 0 Å². The maximum Gasteiger partial charge on any atom is 0.257 e. The number of halogens is 2. The number of anilines is 1. The standard InChI is InChI=1S/C13H12F2N4O/c14-9-6-10(15)11(16)5-8(9)13(20)19-4-3-18-2-1-17-12(18)7-19/h1-2,5-6H,3-4,7,16H2. The molecule has 104 valence electrons. The van der Waals surface area contributed by atoms with Gasteiger partial charge in [0.15, 0.2) is 0 Å². The molecule has 5 nitrogen and oxygen atoms in total. The molecule has 2 heterocycles. The number of aromatic nitrogens is 2. The first kappa shape index (κ1) is 12.6. The van der Waals surface area contributed by atoms with Gasteiger partial charge in [-0.15, -0.1) is 0 Å². The minimum absolute atomic E-state index is 0.219. The summed E-state index contributed by atoms with van der Waals surface area (Å²) >= 11 is 0. The summed E-state index contributed by atoms with van der Waals surface area (Å²) in [6, 6.07) is 1.67. The van der Waals surface area contributed by atoms with Gasteiger partial charge in [0.05, 0.1) is 17.8 Å². The topological polar surface area (TPSA) is 64.2 Å². The van der Waals surface area contributed by atoms with Crippen LogP contribution in [0.2, 0.25) is 0 Å². The SMILES string of the molecule is Nc1cc(C(=O)N2CCn3ccnc3C2)c(F)cc1F. The van der Waals surface area contributed by atoms with E-state index in [0.29, 0.717) is 25.7 Å². The Morgan fingerprint density at radius 2 is 2.05 bits per heavy atom. The number of rotatable bonds is 1. The van der Waals surface area contributed by atoms with E-state index >= 15 is 0 Å². The Hall–Kier alpha value is -2.44. The molecule has 1 aliphatic heterocycles. The van der Waals surface area contributed by atoms with Gasteiger partial charge in [-0.25, -0.2) is 13.8 Å². The molecule has 1 aliphatic rings. The van der Waals surface area contributed by atoms with Gasteiger partial charge in [0, 0.05) is 31.5 Å². The van der Waals surface area contributed by atoms with Gasteiger partial charge in [0.1, 0.15) is 17.5 Å². The Labute approximate surface area is 113 Å². The number of nitrogen functional groups attached to an aromatic ring is 1. The molecule has 2 aromatic rings. The third kappa shape index (κ3) is 2.01. The first-order chi connectivity index (χ1) is 9.56. The fourth-order valence-corrected chi connectivity index (χ4v) is 2.25. The molecular formula is C13H12F2N4O. The van der Waals surface area contributed by atoms with E-state index in [1.54, 1.807) is 6.20 Å². The predicted molar refractivity (Wildman–Crippen MR) is 67.7 cm³/mol. The van der Waals surface area contributed by atoms with Crippen LogP contribution in [-0.4, -0.2) is 26.9 Å². The van der Waals surface area contributed by atoms with Crippen LogP contribution < -0.4 is 5.73 Å². The third-order valence-corrected chi connectivity index (χ3v) is 3.35. The van der Waals surface area contributed by atoms with Gasteiger partial charge in [-0.1, -0.05) is 0 Å². The van der Waals surface area contributed by atoms with Crippen LogP contribution in [0.1, 0.15) is 16.2 Å². The maximum absolute atomic E-state index is 13.7. The van der Waals surface area contributed by atoms with E-state index in [2.05, 4.69) is 4.98 Å². The minimum atomic E-state index is -0.907. The number of amides is 1. The highest BCUT2D eigenvalue weighted by Crippen LogP contribution is 2.20. The molecule has 20 heavy (non-hydrogen) atoms. The van der Waals surface area contributed by atoms with Crippen molar-refractivity contribution in [1.82, 2.24) is 14.5 Å². The molecule has 7 heteroatoms. The highest BCUT2D eigenvalue weighted by atomic mass is 19.1. The Balaban J connectivity index is 1.89. The number of imidazole rings is 1. The lowest BCUT2D eigenvalue weighted by Crippen LogP contribution is -2.38. The summed E-state index contributed by atoms with van der Waals surface area (Å²) in [5.74, 6) is -1.55. The number of nitrogens with two attached hydrogens (primary N) is 1. The van der Waals surface area contributed by atoms with Crippen molar-refractivity contribution in [3.05, 3.63) is 47.5 Å². The second-order valence-electron chi connectivity index (χ2n) is 4.62. The number of benzene rings is 1. The normalized spacial score (nSPS) is 14.2. The number of hydrogen-bond donors (Lipinski definition) is 1. The number of nitrogens with zero attached hydrogens (tertiary/aromatic N) is 3. The van der Waals surface area contributed by atoms with Crippen molar-refractivity contribution in [2.24, 2.45) is 0 Å². The van der Waals surface area contributed by atoms with Crippen LogP contribution in [0.15, 0.2) is 24.5 Å². The monoisotopic (exact) mass is 278 g/mol. The minimum Gasteiger partial charge on any atom is -0.396 e. The summed E-state index contributed by atoms with van der Waals surface area (Å²) in [4.78, 5) is 17.9. The molecular weight excluding hydrogens is 266 g/mol. The highest BCUT2D eigenvalue weighted by Gasteiger charge is 2.25. The predicted octanol–water partition coefficient (Wildman–Crippen LogP) is 1.40. The largest absolute Gasteiger partial charge is 0.396 e. The smallest absolute Gasteiger partial charge is 0.257 e. The summed E-state index contributed by atoms with van der Waals surface area (Å²) in [7, 11) is 0. The molecule has 0 bridgehead atoms. The van der Waals surface area contributed by atoms with Crippen LogP contribution in [0.3, 0.4) is 0 Å². The molecule has 1 amide bonds. The van der Waals surface area contributed by atoms with Crippen LogP contribution in [0, 0.1) is 11.6 Å². The Morgan fingerprint density at radius 1 is 1.25 bits per heavy atom. The van der Waals surface area contributed by atoms with Crippen LogP contribution in [0.5, 0.6) is 0 Å². The van der Waals surface area contributed by atoms with E-state index in [1.807, 2.05) is 10.8 Å². The number of carbonyl (C=O) groups excluding carboxylic acids is 1. The van der Waals surface area contributed by atoms with Gasteiger partial charge in [0.2, 0.25) is 0 Å². The van der Waals surface area contributed by atoms with Gasteiger partial charge in [0.25, 0.3) is 5.91 Å². The molecule has 0 unspecified atom stereocenters. The zero-order valence-corrected chi connectivity index (χ0v) is 10.5. The zero-order valence-electron chi connectivity index (χ0n) is 10.5. The van der Waals surface area contributed by atoms with Gasteiger partial charge < -0.3 is 15.2 Å². The molecule has 3 rings (SSSR count). The lowest BCUT2D eigenvalue weighted by molar-refractivity contribution is 0.0702. The maximum atomic E-state index is 13.7. The molecule has 0 saturated carbocycles. The van der Waals surface area contributed by atoms with Crippen molar-refractivity contribution in [2.45, 2.75) is 13.1 Å². The number of carbonyl (C=O) groups is 1. The molecule has 0 fully saturated rings. The van der Waals surface area contributed by atoms with Crippen molar-refractivity contribution in [2.75, 3.05) is 12.3 Å². The van der Waals surface area contributed by atoms with Gasteiger partial charge >= 0.3 is 0 Å². The molecule has 0 aliphatic carbocycles. The van der Waals surface area contributed by atoms with E-state index in [9.17, 15) is 13.6 Å². The molecule has 0 saturated heterocycles. The molecule has 0 radical (unpaired) electrons. The third-order valence-electron chi connectivity index (χ3n) is 3.35. The zero-order chi connectivity index (χ0) is 14.3. The molecule has 1 aromatic heterocycles. The van der Waals surface area contributed by atoms with E-state index < -0.39 is 17.5 Å². The lowest BCUT2D eigenvalue weighted by atomic mass is 10.1. The number of hydrogen-bond acceptors (Lipinski definition) is 3. The van der Waals surface area contributed by atoms with Gasteiger partial charge in [-0.3, -0.25) is 4.79 Å². The van der Waals surface area contributed by atoms with E-state index in [0.717, 1.165) is 11.9 Å². The first-order valence-electron chi connectivity index (χ1n) is 6.10. The second-order valence-corrected chi connectivity index (χ2v) is 4.62. The molecule has 0 atom stereocenters. The summed E-state index contributed by atoms with van der Waals surface area (Å²) in [5.41, 5.74) is 4.93. The summed E-state index contributed by atoms with van der Waals surface area (Å²) < 4.78 is 28.8. The summed E-state index contributed by atoms with van der Waals surface area (Å²) in [6.07, 6.45) is 3.48. The van der Waals surface area contributed by atoms with E-state index in [4.69, 9.17) is 5.73 Å². The Kier molecular flexibility index (Phi) is 2.89. The average molecular weight is 278 g/mol. The average Bonchev–Trinajstić information content (AvgIpc) is 2.89. The van der Waals surface area contributed by atoms with Gasteiger partial charge in [-0.05, 0) is 6.07 Å². The quantitative estimate of drug-likeness (QED) is 0.802. The highest BCUT2D eigenvalue weighted by molar-refractivity contribution is 5.95. The van der Waals surface area contributed by atoms with Crippen molar-refractivity contribution in [1.29, 1.82) is 0 Å². The van der Waals surface area contributed by atoms with Gasteiger partial charge in [-0.2, -0.15) is 0 Å². The summed E-state index contributed by atoms with van der Waals surface area (Å²) in [6.45, 7) is 1.33. The van der Waals surface area contributed by atoms with Crippen LogP contribution >= 0.6 is 0 Å².